The van der Waals surface area contributed by atoms with Crippen LogP contribution in [0.3, 0.4) is 0 Å². The zero-order chi connectivity index (χ0) is 18.9. The molecule has 0 bridgehead atoms. The Morgan fingerprint density at radius 1 is 0.808 bits per heavy atom. The molecule has 1 rings (SSSR count). The lowest BCUT2D eigenvalue weighted by molar-refractivity contribution is -0.140. The molecule has 0 aromatic rings. The number of methoxy groups -OCH3 is 1. The van der Waals surface area contributed by atoms with Crippen LogP contribution in [0.15, 0.2) is 60.8 Å². The van der Waals surface area contributed by atoms with Gasteiger partial charge < -0.3 is 9.47 Å². The first-order valence-corrected chi connectivity index (χ1v) is 9.75. The maximum Gasteiger partial charge on any atom is 0.305 e. The van der Waals surface area contributed by atoms with Gasteiger partial charge in [-0.25, -0.2) is 0 Å². The molecular weight excluding hydrogens is 324 g/mol. The summed E-state index contributed by atoms with van der Waals surface area (Å²) in [5.41, 5.74) is 0. The molecule has 3 nitrogen and oxygen atoms in total. The molecule has 144 valence electrons. The number of allylic oxidation sites excluding steroid dienone is 9. The Morgan fingerprint density at radius 3 is 1.81 bits per heavy atom. The van der Waals surface area contributed by atoms with Crippen molar-refractivity contribution in [3.63, 3.8) is 0 Å². The molecule has 0 radical (unpaired) electrons. The van der Waals surface area contributed by atoms with Gasteiger partial charge in [0.1, 0.15) is 0 Å². The van der Waals surface area contributed by atoms with Gasteiger partial charge in [0.25, 0.3) is 0 Å². The summed E-state index contributed by atoms with van der Waals surface area (Å²) in [5.74, 6) is -0.158. The van der Waals surface area contributed by atoms with Gasteiger partial charge in [-0.3, -0.25) is 4.79 Å². The van der Waals surface area contributed by atoms with E-state index in [1.807, 2.05) is 0 Å². The van der Waals surface area contributed by atoms with E-state index in [1.165, 1.54) is 7.11 Å². The summed E-state index contributed by atoms with van der Waals surface area (Å²) in [4.78, 5) is 11.0. The Kier molecular flexibility index (Phi) is 13.1. The maximum atomic E-state index is 11.0. The second kappa shape index (κ2) is 15.4. The molecule has 26 heavy (non-hydrogen) atoms. The van der Waals surface area contributed by atoms with E-state index >= 15 is 0 Å². The van der Waals surface area contributed by atoms with Gasteiger partial charge in [0.2, 0.25) is 0 Å². The summed E-state index contributed by atoms with van der Waals surface area (Å²) in [6, 6.07) is 0. The first kappa shape index (κ1) is 22.2. The average molecular weight is 359 g/mol. The van der Waals surface area contributed by atoms with Crippen molar-refractivity contribution in [3.8, 4) is 0 Å². The van der Waals surface area contributed by atoms with Crippen molar-refractivity contribution in [1.29, 1.82) is 0 Å². The van der Waals surface area contributed by atoms with Crippen molar-refractivity contribution in [2.45, 2.75) is 70.5 Å². The topological polar surface area (TPSA) is 38.8 Å². The molecule has 0 saturated carbocycles. The van der Waals surface area contributed by atoms with Crippen LogP contribution in [-0.2, 0) is 14.3 Å². The first-order chi connectivity index (χ1) is 12.8. The Bertz CT molecular complexity index is 512. The lowest BCUT2D eigenvalue weighted by Gasteiger charge is -1.95. The van der Waals surface area contributed by atoms with Gasteiger partial charge in [0, 0.05) is 6.42 Å². The molecule has 0 aliphatic carbocycles. The van der Waals surface area contributed by atoms with Crippen molar-refractivity contribution < 1.29 is 14.3 Å². The molecule has 2 atom stereocenters. The molecule has 1 aliphatic heterocycles. The van der Waals surface area contributed by atoms with Crippen molar-refractivity contribution >= 4 is 5.97 Å². The van der Waals surface area contributed by atoms with Crippen LogP contribution < -0.4 is 0 Å². The van der Waals surface area contributed by atoms with E-state index in [2.05, 4.69) is 72.4 Å². The van der Waals surface area contributed by atoms with E-state index in [1.54, 1.807) is 0 Å². The second-order valence-corrected chi connectivity index (χ2v) is 6.27. The minimum Gasteiger partial charge on any atom is -0.469 e. The molecule has 1 aliphatic rings. The monoisotopic (exact) mass is 358 g/mol. The van der Waals surface area contributed by atoms with E-state index in [9.17, 15) is 4.79 Å². The number of ether oxygens (including phenoxy) is 2. The number of carbonyl (C=O) groups excluding carboxylic acids is 1. The number of hydrogen-bond acceptors (Lipinski definition) is 3. The van der Waals surface area contributed by atoms with Crippen molar-refractivity contribution in [3.05, 3.63) is 60.8 Å². The number of esters is 1. The van der Waals surface area contributed by atoms with Gasteiger partial charge in [-0.2, -0.15) is 0 Å². The lowest BCUT2D eigenvalue weighted by atomic mass is 10.1. The Morgan fingerprint density at radius 2 is 1.31 bits per heavy atom. The van der Waals surface area contributed by atoms with Gasteiger partial charge in [-0.1, -0.05) is 67.7 Å². The average Bonchev–Trinajstić information content (AvgIpc) is 3.41. The highest BCUT2D eigenvalue weighted by molar-refractivity contribution is 5.69. The second-order valence-electron chi connectivity index (χ2n) is 6.27. The van der Waals surface area contributed by atoms with E-state index in [4.69, 9.17) is 4.74 Å². The number of epoxide rings is 1. The van der Waals surface area contributed by atoms with Crippen LogP contribution in [0.1, 0.15) is 58.3 Å². The standard InChI is InChI=1S/C23H34O3/c1-3-4-5-6-7-8-9-10-11-12-13-14-15-16-17-18-21-22(26-21)19-20-23(24)25-2/h4-5,7-8,10-11,13-14,16-17,21-22H,3,6,9,12,15,18-20H2,1-2H3/b5-4+,8-7+,11-10+,14-13+,17-16+/t21-,22-/m0/s1. The predicted octanol–water partition coefficient (Wildman–Crippen LogP) is 5.85. The van der Waals surface area contributed by atoms with Gasteiger partial charge in [-0.15, -0.1) is 0 Å². The van der Waals surface area contributed by atoms with Gasteiger partial charge >= 0.3 is 5.97 Å². The van der Waals surface area contributed by atoms with Crippen LogP contribution in [0, 0.1) is 0 Å². The molecule has 3 heteroatoms. The molecular formula is C23H34O3. The summed E-state index contributed by atoms with van der Waals surface area (Å²) >= 11 is 0. The van der Waals surface area contributed by atoms with E-state index in [-0.39, 0.29) is 18.2 Å². The normalized spacial score (nSPS) is 20.4. The van der Waals surface area contributed by atoms with Gasteiger partial charge in [0.05, 0.1) is 19.3 Å². The maximum absolute atomic E-state index is 11.0. The molecule has 1 heterocycles. The van der Waals surface area contributed by atoms with E-state index in [0.29, 0.717) is 6.42 Å². The molecule has 0 amide bonds. The summed E-state index contributed by atoms with van der Waals surface area (Å²) in [6.07, 6.45) is 29.7. The van der Waals surface area contributed by atoms with Crippen LogP contribution in [0.2, 0.25) is 0 Å². The van der Waals surface area contributed by atoms with Gasteiger partial charge in [-0.05, 0) is 44.9 Å². The van der Waals surface area contributed by atoms with Crippen molar-refractivity contribution in [1.82, 2.24) is 0 Å². The minimum atomic E-state index is -0.158. The van der Waals surface area contributed by atoms with Crippen LogP contribution in [0.4, 0.5) is 0 Å². The SMILES string of the molecule is CC/C=C/C/C=C/C/C=C/C/C=C/C/C=C/C[C@@H]1O[C@H]1CCC(=O)OC. The van der Waals surface area contributed by atoms with Crippen molar-refractivity contribution in [2.75, 3.05) is 7.11 Å². The molecule has 0 N–H and O–H groups in total. The zero-order valence-electron chi connectivity index (χ0n) is 16.3. The molecule has 0 spiro atoms. The number of rotatable bonds is 14. The largest absolute Gasteiger partial charge is 0.469 e. The Hall–Kier alpha value is -1.87. The number of hydrogen-bond donors (Lipinski definition) is 0. The quantitative estimate of drug-likeness (QED) is 0.222. The summed E-state index contributed by atoms with van der Waals surface area (Å²) in [5, 5.41) is 0. The lowest BCUT2D eigenvalue weighted by Crippen LogP contribution is -2.03. The van der Waals surface area contributed by atoms with Crippen molar-refractivity contribution in [2.24, 2.45) is 0 Å². The molecule has 0 aromatic heterocycles. The summed E-state index contributed by atoms with van der Waals surface area (Å²) in [6.45, 7) is 2.15. The Balaban J connectivity index is 1.94. The van der Waals surface area contributed by atoms with Crippen LogP contribution >= 0.6 is 0 Å². The van der Waals surface area contributed by atoms with E-state index in [0.717, 1.165) is 44.9 Å². The molecule has 0 aromatic carbocycles. The van der Waals surface area contributed by atoms with Crippen LogP contribution in [0.5, 0.6) is 0 Å². The fraction of sp³-hybridized carbons (Fsp3) is 0.522. The minimum absolute atomic E-state index is 0.158. The summed E-state index contributed by atoms with van der Waals surface area (Å²) < 4.78 is 10.2. The summed E-state index contributed by atoms with van der Waals surface area (Å²) in [7, 11) is 1.42. The molecule has 0 unspecified atom stereocenters. The van der Waals surface area contributed by atoms with Crippen LogP contribution in [-0.4, -0.2) is 25.3 Å². The highest BCUT2D eigenvalue weighted by Crippen LogP contribution is 2.29. The predicted molar refractivity (Wildman–Crippen MR) is 109 cm³/mol. The fourth-order valence-electron chi connectivity index (χ4n) is 2.48. The third kappa shape index (κ3) is 12.5. The smallest absolute Gasteiger partial charge is 0.305 e. The first-order valence-electron chi connectivity index (χ1n) is 9.75. The highest BCUT2D eigenvalue weighted by atomic mass is 16.6. The number of carbonyl (C=O) groups is 1. The third-order valence-corrected chi connectivity index (χ3v) is 4.07. The zero-order valence-corrected chi connectivity index (χ0v) is 16.3. The third-order valence-electron chi connectivity index (χ3n) is 4.07. The fourth-order valence-corrected chi connectivity index (χ4v) is 2.48. The van der Waals surface area contributed by atoms with E-state index < -0.39 is 0 Å². The van der Waals surface area contributed by atoms with Gasteiger partial charge in [0.15, 0.2) is 0 Å². The molecule has 1 fully saturated rings. The van der Waals surface area contributed by atoms with Crippen LogP contribution in [0.25, 0.3) is 0 Å². The molecule has 1 saturated heterocycles. The Labute approximate surface area is 159 Å². The highest BCUT2D eigenvalue weighted by Gasteiger charge is 2.37.